The normalized spacial score (nSPS) is 12.9. The third kappa shape index (κ3) is 6.66. The zero-order valence-corrected chi connectivity index (χ0v) is 25.8. The number of rotatable bonds is 10. The third-order valence-corrected chi connectivity index (χ3v) is 8.22. The van der Waals surface area contributed by atoms with E-state index >= 15 is 0 Å². The van der Waals surface area contributed by atoms with E-state index in [1.54, 1.807) is 14.2 Å². The molecule has 0 amide bonds. The van der Waals surface area contributed by atoms with Crippen molar-refractivity contribution in [3.05, 3.63) is 105 Å². The minimum absolute atomic E-state index is 0.173. The van der Waals surface area contributed by atoms with Crippen molar-refractivity contribution in [1.29, 1.82) is 0 Å². The molecule has 0 saturated heterocycles. The number of aromatic hydroxyl groups is 2. The van der Waals surface area contributed by atoms with Crippen LogP contribution < -0.4 is 0 Å². The maximum Gasteiger partial charge on any atom is 0.126 e. The predicted molar refractivity (Wildman–Crippen MR) is 169 cm³/mol. The van der Waals surface area contributed by atoms with E-state index in [1.165, 1.54) is 11.1 Å². The monoisotopic (exact) mass is 552 g/mol. The maximum absolute atomic E-state index is 11.3. The second kappa shape index (κ2) is 12.9. The standard InChI is InChI=1S/C37H44O4/c1-22-15-24(3)34(25(4)16-22)32-13-9-11-28(36(32)38)19-30(40-7)21-31(41-8)20-29-12-10-14-33(37(29)39)35-26(5)17-23(2)18-27(35)6/h9-18,30-31,38-39H,19-21H2,1-8H3/t30-,31-/m1/s1. The lowest BCUT2D eigenvalue weighted by Crippen LogP contribution is -2.25. The van der Waals surface area contributed by atoms with Crippen LogP contribution in [0.25, 0.3) is 22.3 Å². The molecule has 216 valence electrons. The highest BCUT2D eigenvalue weighted by Crippen LogP contribution is 2.39. The lowest BCUT2D eigenvalue weighted by atomic mass is 9.89. The third-order valence-electron chi connectivity index (χ3n) is 8.22. The highest BCUT2D eigenvalue weighted by molar-refractivity contribution is 5.78. The Morgan fingerprint density at radius 1 is 0.561 bits per heavy atom. The van der Waals surface area contributed by atoms with Gasteiger partial charge in [0.15, 0.2) is 0 Å². The Hall–Kier alpha value is -3.60. The second-order valence-electron chi connectivity index (χ2n) is 11.5. The molecule has 0 aliphatic rings. The van der Waals surface area contributed by atoms with Crippen molar-refractivity contribution in [3.63, 3.8) is 0 Å². The van der Waals surface area contributed by atoms with Gasteiger partial charge in [0, 0.05) is 44.6 Å². The van der Waals surface area contributed by atoms with Crippen LogP contribution in [0.5, 0.6) is 11.5 Å². The van der Waals surface area contributed by atoms with E-state index in [0.717, 1.165) is 55.6 Å². The van der Waals surface area contributed by atoms with Crippen LogP contribution in [0.1, 0.15) is 50.9 Å². The predicted octanol–water partition coefficient (Wildman–Crippen LogP) is 8.49. The van der Waals surface area contributed by atoms with E-state index in [4.69, 9.17) is 9.47 Å². The van der Waals surface area contributed by atoms with Gasteiger partial charge in [-0.15, -0.1) is 0 Å². The quantitative estimate of drug-likeness (QED) is 0.207. The molecule has 0 spiro atoms. The van der Waals surface area contributed by atoms with E-state index in [2.05, 4.69) is 65.8 Å². The maximum atomic E-state index is 11.3. The number of phenols is 2. The molecule has 0 unspecified atom stereocenters. The van der Waals surface area contributed by atoms with Crippen molar-refractivity contribution in [1.82, 2.24) is 0 Å². The number of para-hydroxylation sites is 2. The number of phenolic OH excluding ortho intramolecular Hbond substituents is 2. The molecule has 4 nitrogen and oxygen atoms in total. The molecule has 0 aliphatic heterocycles. The Kier molecular flexibility index (Phi) is 9.57. The first-order valence-corrected chi connectivity index (χ1v) is 14.4. The van der Waals surface area contributed by atoms with Crippen LogP contribution >= 0.6 is 0 Å². The summed E-state index contributed by atoms with van der Waals surface area (Å²) in [5.41, 5.74) is 12.6. The van der Waals surface area contributed by atoms with Crippen molar-refractivity contribution in [2.75, 3.05) is 14.2 Å². The molecule has 0 aromatic heterocycles. The molecule has 0 saturated carbocycles. The van der Waals surface area contributed by atoms with Crippen LogP contribution in [0.3, 0.4) is 0 Å². The molecule has 0 aliphatic carbocycles. The molecule has 4 aromatic rings. The van der Waals surface area contributed by atoms with Gasteiger partial charge >= 0.3 is 0 Å². The summed E-state index contributed by atoms with van der Waals surface area (Å²) in [5, 5.41) is 22.7. The molecule has 0 bridgehead atoms. The summed E-state index contributed by atoms with van der Waals surface area (Å²) >= 11 is 0. The first-order valence-electron chi connectivity index (χ1n) is 14.4. The Labute approximate surface area is 245 Å². The SMILES string of the molecule is CO[C@H](Cc1cccc(-c2c(C)cc(C)cc2C)c1O)C[C@@H](Cc1cccc(-c2c(C)cc(C)cc2C)c1O)OC. The fourth-order valence-corrected chi connectivity index (χ4v) is 6.43. The molecule has 2 N–H and O–H groups in total. The van der Waals surface area contributed by atoms with Gasteiger partial charge in [-0.2, -0.15) is 0 Å². The number of hydrogen-bond acceptors (Lipinski definition) is 4. The molecule has 4 rings (SSSR count). The van der Waals surface area contributed by atoms with Crippen molar-refractivity contribution < 1.29 is 19.7 Å². The van der Waals surface area contributed by atoms with Gasteiger partial charge in [-0.05, 0) is 86.1 Å². The molecule has 0 radical (unpaired) electrons. The van der Waals surface area contributed by atoms with Gasteiger partial charge in [-0.25, -0.2) is 0 Å². The van der Waals surface area contributed by atoms with Gasteiger partial charge in [-0.3, -0.25) is 0 Å². The van der Waals surface area contributed by atoms with Crippen molar-refractivity contribution in [3.8, 4) is 33.8 Å². The summed E-state index contributed by atoms with van der Waals surface area (Å²) in [6.45, 7) is 12.6. The smallest absolute Gasteiger partial charge is 0.126 e. The van der Waals surface area contributed by atoms with Gasteiger partial charge in [0.25, 0.3) is 0 Å². The molecule has 4 heteroatoms. The zero-order valence-electron chi connectivity index (χ0n) is 25.8. The summed E-state index contributed by atoms with van der Waals surface area (Å²) < 4.78 is 11.8. The van der Waals surface area contributed by atoms with Crippen LogP contribution in [-0.2, 0) is 22.3 Å². The lowest BCUT2D eigenvalue weighted by molar-refractivity contribution is 0.0227. The average Bonchev–Trinajstić information content (AvgIpc) is 2.90. The average molecular weight is 553 g/mol. The largest absolute Gasteiger partial charge is 0.507 e. The van der Waals surface area contributed by atoms with Gasteiger partial charge in [0.05, 0.1) is 12.2 Å². The number of methoxy groups -OCH3 is 2. The Morgan fingerprint density at radius 3 is 1.22 bits per heavy atom. The Morgan fingerprint density at radius 2 is 0.902 bits per heavy atom. The van der Waals surface area contributed by atoms with Gasteiger partial charge in [0.2, 0.25) is 0 Å². The van der Waals surface area contributed by atoms with Gasteiger partial charge in [0.1, 0.15) is 11.5 Å². The van der Waals surface area contributed by atoms with Crippen LogP contribution in [0.4, 0.5) is 0 Å². The topological polar surface area (TPSA) is 58.9 Å². The molecular weight excluding hydrogens is 508 g/mol. The summed E-state index contributed by atoms with van der Waals surface area (Å²) in [6, 6.07) is 20.5. The highest BCUT2D eigenvalue weighted by Gasteiger charge is 2.22. The van der Waals surface area contributed by atoms with Crippen LogP contribution in [-0.4, -0.2) is 36.6 Å². The van der Waals surface area contributed by atoms with E-state index < -0.39 is 0 Å². The molecule has 41 heavy (non-hydrogen) atoms. The number of ether oxygens (including phenoxy) is 2. The van der Waals surface area contributed by atoms with Crippen molar-refractivity contribution >= 4 is 0 Å². The molecule has 2 atom stereocenters. The Bertz CT molecular complexity index is 1370. The van der Waals surface area contributed by atoms with E-state index in [-0.39, 0.29) is 12.2 Å². The Balaban J connectivity index is 1.56. The summed E-state index contributed by atoms with van der Waals surface area (Å²) in [7, 11) is 3.40. The van der Waals surface area contributed by atoms with Crippen LogP contribution in [0.2, 0.25) is 0 Å². The highest BCUT2D eigenvalue weighted by atomic mass is 16.5. The minimum Gasteiger partial charge on any atom is -0.507 e. The fraction of sp³-hybridized carbons (Fsp3) is 0.351. The number of benzene rings is 4. The van der Waals surface area contributed by atoms with Crippen LogP contribution in [0.15, 0.2) is 60.7 Å². The summed E-state index contributed by atoms with van der Waals surface area (Å²) in [4.78, 5) is 0. The molecular formula is C37H44O4. The first-order chi connectivity index (χ1) is 19.5. The molecule has 4 aromatic carbocycles. The summed E-state index contributed by atoms with van der Waals surface area (Å²) in [5.74, 6) is 0.598. The van der Waals surface area contributed by atoms with Gasteiger partial charge in [-0.1, -0.05) is 71.8 Å². The first kappa shape index (κ1) is 30.4. The van der Waals surface area contributed by atoms with Crippen molar-refractivity contribution in [2.45, 2.75) is 73.0 Å². The van der Waals surface area contributed by atoms with E-state index in [1.807, 2.05) is 36.4 Å². The van der Waals surface area contributed by atoms with Crippen molar-refractivity contribution in [2.24, 2.45) is 0 Å². The minimum atomic E-state index is -0.173. The van der Waals surface area contributed by atoms with E-state index in [9.17, 15) is 10.2 Å². The zero-order chi connectivity index (χ0) is 29.8. The molecule has 0 fully saturated rings. The van der Waals surface area contributed by atoms with Crippen LogP contribution in [0, 0.1) is 41.5 Å². The summed E-state index contributed by atoms with van der Waals surface area (Å²) in [6.07, 6.45) is 1.37. The second-order valence-corrected chi connectivity index (χ2v) is 11.5. The number of aryl methyl sites for hydroxylation is 6. The molecule has 0 heterocycles. The fourth-order valence-electron chi connectivity index (χ4n) is 6.43. The number of hydrogen-bond donors (Lipinski definition) is 2. The van der Waals surface area contributed by atoms with E-state index in [0.29, 0.717) is 30.8 Å². The lowest BCUT2D eigenvalue weighted by Gasteiger charge is -2.24. The van der Waals surface area contributed by atoms with Gasteiger partial charge < -0.3 is 19.7 Å².